The lowest BCUT2D eigenvalue weighted by Gasteiger charge is -2.12. The van der Waals surface area contributed by atoms with Crippen molar-refractivity contribution in [2.45, 2.75) is 30.9 Å². The SMILES string of the molecule is CCCn1nncc1C(O)c1ccc(SC)cc1. The van der Waals surface area contributed by atoms with E-state index in [1.165, 1.54) is 4.90 Å². The van der Waals surface area contributed by atoms with Gasteiger partial charge in [0.25, 0.3) is 0 Å². The van der Waals surface area contributed by atoms with E-state index >= 15 is 0 Å². The maximum absolute atomic E-state index is 10.3. The Bertz CT molecular complexity index is 495. The molecule has 0 radical (unpaired) electrons. The Balaban J connectivity index is 2.23. The Morgan fingerprint density at radius 3 is 2.67 bits per heavy atom. The average Bonchev–Trinajstić information content (AvgIpc) is 2.87. The molecule has 0 fully saturated rings. The molecule has 1 aromatic heterocycles. The first-order chi connectivity index (χ1) is 8.76. The molecule has 2 rings (SSSR count). The molecule has 0 spiro atoms. The van der Waals surface area contributed by atoms with Crippen molar-refractivity contribution in [3.05, 3.63) is 41.7 Å². The number of benzene rings is 1. The lowest BCUT2D eigenvalue weighted by molar-refractivity contribution is 0.207. The van der Waals surface area contributed by atoms with Gasteiger partial charge in [0.1, 0.15) is 6.10 Å². The van der Waals surface area contributed by atoms with Crippen LogP contribution in [0.25, 0.3) is 0 Å². The maximum Gasteiger partial charge on any atom is 0.122 e. The number of aliphatic hydroxyl groups is 1. The van der Waals surface area contributed by atoms with Gasteiger partial charge < -0.3 is 5.11 Å². The summed E-state index contributed by atoms with van der Waals surface area (Å²) in [5.41, 5.74) is 1.61. The van der Waals surface area contributed by atoms with E-state index in [9.17, 15) is 5.11 Å². The summed E-state index contributed by atoms with van der Waals surface area (Å²) < 4.78 is 1.76. The lowest BCUT2D eigenvalue weighted by atomic mass is 10.1. The fraction of sp³-hybridized carbons (Fsp3) is 0.385. The second kappa shape index (κ2) is 6.02. The largest absolute Gasteiger partial charge is 0.382 e. The highest BCUT2D eigenvalue weighted by atomic mass is 32.2. The first-order valence-electron chi connectivity index (χ1n) is 5.96. The van der Waals surface area contributed by atoms with Gasteiger partial charge in [0.2, 0.25) is 0 Å². The summed E-state index contributed by atoms with van der Waals surface area (Å²) in [6.45, 7) is 2.85. The molecule has 1 N–H and O–H groups in total. The summed E-state index contributed by atoms with van der Waals surface area (Å²) in [5, 5.41) is 18.2. The minimum atomic E-state index is -0.664. The molecule has 0 bridgehead atoms. The van der Waals surface area contributed by atoms with E-state index in [2.05, 4.69) is 17.2 Å². The molecule has 2 aromatic rings. The van der Waals surface area contributed by atoms with Crippen molar-refractivity contribution < 1.29 is 5.11 Å². The molecule has 1 atom stereocenters. The lowest BCUT2D eigenvalue weighted by Crippen LogP contribution is -2.10. The van der Waals surface area contributed by atoms with Gasteiger partial charge in [0.15, 0.2) is 0 Å². The van der Waals surface area contributed by atoms with Gasteiger partial charge in [-0.1, -0.05) is 24.3 Å². The second-order valence-electron chi connectivity index (χ2n) is 4.06. The highest BCUT2D eigenvalue weighted by molar-refractivity contribution is 7.98. The molecule has 0 amide bonds. The van der Waals surface area contributed by atoms with E-state index in [1.807, 2.05) is 30.5 Å². The van der Waals surface area contributed by atoms with Gasteiger partial charge >= 0.3 is 0 Å². The number of thioether (sulfide) groups is 1. The van der Waals surface area contributed by atoms with Crippen LogP contribution >= 0.6 is 11.8 Å². The zero-order chi connectivity index (χ0) is 13.0. The van der Waals surface area contributed by atoms with Gasteiger partial charge in [-0.2, -0.15) is 0 Å². The van der Waals surface area contributed by atoms with Crippen LogP contribution in [0, 0.1) is 0 Å². The molecule has 0 aliphatic carbocycles. The number of rotatable bonds is 5. The van der Waals surface area contributed by atoms with Crippen LogP contribution < -0.4 is 0 Å². The van der Waals surface area contributed by atoms with E-state index < -0.39 is 6.10 Å². The van der Waals surface area contributed by atoms with Crippen molar-refractivity contribution in [3.63, 3.8) is 0 Å². The van der Waals surface area contributed by atoms with E-state index in [4.69, 9.17) is 0 Å². The third-order valence-electron chi connectivity index (χ3n) is 2.79. The molecule has 18 heavy (non-hydrogen) atoms. The molecule has 0 aliphatic heterocycles. The zero-order valence-electron chi connectivity index (χ0n) is 10.6. The van der Waals surface area contributed by atoms with Crippen LogP contribution in [0.4, 0.5) is 0 Å². The van der Waals surface area contributed by atoms with Crippen molar-refractivity contribution >= 4 is 11.8 Å². The van der Waals surface area contributed by atoms with Crippen molar-refractivity contribution in [1.82, 2.24) is 15.0 Å². The second-order valence-corrected chi connectivity index (χ2v) is 4.94. The number of hydrogen-bond acceptors (Lipinski definition) is 4. The van der Waals surface area contributed by atoms with Gasteiger partial charge in [-0.25, -0.2) is 4.68 Å². The van der Waals surface area contributed by atoms with E-state index in [0.29, 0.717) is 0 Å². The van der Waals surface area contributed by atoms with Gasteiger partial charge in [-0.05, 0) is 30.4 Å². The minimum absolute atomic E-state index is 0.664. The smallest absolute Gasteiger partial charge is 0.122 e. The quantitative estimate of drug-likeness (QED) is 0.842. The fourth-order valence-corrected chi connectivity index (χ4v) is 2.23. The molecule has 4 nitrogen and oxygen atoms in total. The van der Waals surface area contributed by atoms with Crippen LogP contribution in [0.2, 0.25) is 0 Å². The van der Waals surface area contributed by atoms with Crippen molar-refractivity contribution in [2.24, 2.45) is 0 Å². The molecule has 0 saturated heterocycles. The number of aliphatic hydroxyl groups excluding tert-OH is 1. The van der Waals surface area contributed by atoms with Crippen LogP contribution in [-0.2, 0) is 6.54 Å². The number of hydrogen-bond donors (Lipinski definition) is 1. The van der Waals surface area contributed by atoms with E-state index in [0.717, 1.165) is 24.2 Å². The van der Waals surface area contributed by atoms with Gasteiger partial charge in [-0.15, -0.1) is 16.9 Å². The highest BCUT2D eigenvalue weighted by Crippen LogP contribution is 2.23. The third-order valence-corrected chi connectivity index (χ3v) is 3.54. The molecule has 1 unspecified atom stereocenters. The van der Waals surface area contributed by atoms with Crippen LogP contribution in [0.15, 0.2) is 35.4 Å². The normalized spacial score (nSPS) is 12.6. The summed E-state index contributed by atoms with van der Waals surface area (Å²) in [6.07, 6.45) is 3.96. The van der Waals surface area contributed by atoms with Crippen LogP contribution in [0.3, 0.4) is 0 Å². The predicted octanol–water partition coefficient (Wildman–Crippen LogP) is 2.49. The summed E-state index contributed by atoms with van der Waals surface area (Å²) in [4.78, 5) is 1.19. The first kappa shape index (κ1) is 13.1. The van der Waals surface area contributed by atoms with Gasteiger partial charge in [0, 0.05) is 11.4 Å². The Morgan fingerprint density at radius 2 is 2.06 bits per heavy atom. The third kappa shape index (κ3) is 2.73. The Morgan fingerprint density at radius 1 is 1.33 bits per heavy atom. The van der Waals surface area contributed by atoms with Crippen LogP contribution in [0.5, 0.6) is 0 Å². The number of nitrogens with zero attached hydrogens (tertiary/aromatic N) is 3. The van der Waals surface area contributed by atoms with Crippen molar-refractivity contribution in [3.8, 4) is 0 Å². The van der Waals surface area contributed by atoms with Crippen molar-refractivity contribution in [1.29, 1.82) is 0 Å². The fourth-order valence-electron chi connectivity index (χ4n) is 1.82. The Hall–Kier alpha value is -1.33. The molecule has 5 heteroatoms. The molecular formula is C13H17N3OS. The Labute approximate surface area is 111 Å². The monoisotopic (exact) mass is 263 g/mol. The van der Waals surface area contributed by atoms with Gasteiger partial charge in [-0.3, -0.25) is 0 Å². The van der Waals surface area contributed by atoms with Crippen LogP contribution in [0.1, 0.15) is 30.7 Å². The molecule has 1 heterocycles. The summed E-state index contributed by atoms with van der Waals surface area (Å²) in [5.74, 6) is 0. The van der Waals surface area contributed by atoms with Gasteiger partial charge in [0.05, 0.1) is 11.9 Å². The van der Waals surface area contributed by atoms with E-state index in [-0.39, 0.29) is 0 Å². The first-order valence-corrected chi connectivity index (χ1v) is 7.19. The maximum atomic E-state index is 10.3. The summed E-state index contributed by atoms with van der Waals surface area (Å²) >= 11 is 1.69. The standard InChI is InChI=1S/C13H17N3OS/c1-3-8-16-12(9-14-15-16)13(17)10-4-6-11(18-2)7-5-10/h4-7,9,13,17H,3,8H2,1-2H3. The van der Waals surface area contributed by atoms with E-state index in [1.54, 1.807) is 22.6 Å². The molecule has 0 saturated carbocycles. The molecular weight excluding hydrogens is 246 g/mol. The molecule has 96 valence electrons. The number of aryl methyl sites for hydroxylation is 1. The topological polar surface area (TPSA) is 50.9 Å². The zero-order valence-corrected chi connectivity index (χ0v) is 11.4. The minimum Gasteiger partial charge on any atom is -0.382 e. The average molecular weight is 263 g/mol. The highest BCUT2D eigenvalue weighted by Gasteiger charge is 2.15. The predicted molar refractivity (Wildman–Crippen MR) is 72.6 cm³/mol. The number of aromatic nitrogens is 3. The Kier molecular flexibility index (Phi) is 4.38. The van der Waals surface area contributed by atoms with Crippen LogP contribution in [-0.4, -0.2) is 26.4 Å². The molecule has 0 aliphatic rings. The van der Waals surface area contributed by atoms with Crippen molar-refractivity contribution in [2.75, 3.05) is 6.26 Å². The summed E-state index contributed by atoms with van der Waals surface area (Å²) in [6, 6.07) is 7.91. The summed E-state index contributed by atoms with van der Waals surface area (Å²) in [7, 11) is 0. The molecule has 1 aromatic carbocycles.